The molecule has 0 saturated carbocycles. The van der Waals surface area contributed by atoms with Gasteiger partial charge in [-0.25, -0.2) is 0 Å². The average molecular weight is 278 g/mol. The van der Waals surface area contributed by atoms with Gasteiger partial charge in [0.05, 0.1) is 0 Å². The molecular weight excluding hydrogens is 269 g/mol. The third kappa shape index (κ3) is 2.61. The van der Waals surface area contributed by atoms with Crippen LogP contribution in [0.1, 0.15) is 15.9 Å². The Morgan fingerprint density at radius 3 is 2.61 bits per heavy atom. The van der Waals surface area contributed by atoms with E-state index in [-0.39, 0.29) is 5.78 Å². The summed E-state index contributed by atoms with van der Waals surface area (Å²) >= 11 is 11.9. The molecule has 0 aliphatic rings. The second-order valence-corrected chi connectivity index (χ2v) is 4.52. The Bertz CT molecular complexity index is 608. The molecule has 1 heterocycles. The molecule has 4 heteroatoms. The molecule has 1 aromatic heterocycles. The Hall–Kier alpha value is -1.64. The average Bonchev–Trinajstić information content (AvgIpc) is 2.38. The zero-order chi connectivity index (χ0) is 13.1. The summed E-state index contributed by atoms with van der Waals surface area (Å²) in [6.45, 7) is 3.79. The SMILES string of the molecule is C=C(C(=O)c1cccnc1)c1ccc(Cl)cc1Cl. The van der Waals surface area contributed by atoms with Crippen LogP contribution in [0.2, 0.25) is 10.0 Å². The number of halogens is 2. The normalized spacial score (nSPS) is 10.1. The number of carbonyl (C=O) groups excluding carboxylic acids is 1. The first-order chi connectivity index (χ1) is 8.59. The molecule has 2 rings (SSSR count). The fourth-order valence-corrected chi connectivity index (χ4v) is 2.05. The number of benzene rings is 1. The summed E-state index contributed by atoms with van der Waals surface area (Å²) < 4.78 is 0. The molecule has 2 nitrogen and oxygen atoms in total. The molecule has 0 spiro atoms. The van der Waals surface area contributed by atoms with Gasteiger partial charge < -0.3 is 0 Å². The van der Waals surface area contributed by atoms with Crippen molar-refractivity contribution in [1.82, 2.24) is 4.98 Å². The van der Waals surface area contributed by atoms with Crippen LogP contribution in [0.4, 0.5) is 0 Å². The third-order valence-corrected chi connectivity index (χ3v) is 3.00. The van der Waals surface area contributed by atoms with E-state index in [1.807, 2.05) is 0 Å². The summed E-state index contributed by atoms with van der Waals surface area (Å²) in [6, 6.07) is 8.32. The van der Waals surface area contributed by atoms with E-state index in [1.165, 1.54) is 6.20 Å². The predicted octanol–water partition coefficient (Wildman–Crippen LogP) is 4.28. The lowest BCUT2D eigenvalue weighted by Crippen LogP contribution is -2.02. The smallest absolute Gasteiger partial charge is 0.194 e. The van der Waals surface area contributed by atoms with Crippen molar-refractivity contribution in [2.45, 2.75) is 0 Å². The molecule has 0 aliphatic heterocycles. The Labute approximate surface area is 115 Å². The molecule has 90 valence electrons. The van der Waals surface area contributed by atoms with Crippen LogP contribution < -0.4 is 0 Å². The van der Waals surface area contributed by atoms with Gasteiger partial charge in [0, 0.05) is 39.1 Å². The van der Waals surface area contributed by atoms with Gasteiger partial charge in [0.15, 0.2) is 5.78 Å². The fourth-order valence-electron chi connectivity index (χ4n) is 1.53. The number of nitrogens with zero attached hydrogens (tertiary/aromatic N) is 1. The molecule has 0 fully saturated rings. The van der Waals surface area contributed by atoms with Gasteiger partial charge >= 0.3 is 0 Å². The molecular formula is C14H9Cl2NO. The Kier molecular flexibility index (Phi) is 3.80. The van der Waals surface area contributed by atoms with Gasteiger partial charge in [-0.05, 0) is 24.3 Å². The quantitative estimate of drug-likeness (QED) is 0.619. The molecule has 0 radical (unpaired) electrons. The fraction of sp³-hybridized carbons (Fsp3) is 0. The van der Waals surface area contributed by atoms with E-state index in [0.717, 1.165) is 0 Å². The van der Waals surface area contributed by atoms with Crippen LogP contribution in [-0.2, 0) is 0 Å². The van der Waals surface area contributed by atoms with Crippen LogP contribution in [-0.4, -0.2) is 10.8 Å². The Balaban J connectivity index is 2.35. The number of Topliss-reactive ketones (excluding diaryl/α,β-unsaturated/α-hetero) is 1. The maximum atomic E-state index is 12.2. The summed E-state index contributed by atoms with van der Waals surface area (Å²) in [5.41, 5.74) is 1.38. The van der Waals surface area contributed by atoms with Crippen molar-refractivity contribution in [3.63, 3.8) is 0 Å². The van der Waals surface area contributed by atoms with Crippen LogP contribution in [0.5, 0.6) is 0 Å². The minimum atomic E-state index is -0.202. The van der Waals surface area contributed by atoms with Crippen molar-refractivity contribution in [2.75, 3.05) is 0 Å². The number of allylic oxidation sites excluding steroid dienone is 1. The number of carbonyl (C=O) groups is 1. The van der Waals surface area contributed by atoms with Gasteiger partial charge in [0.2, 0.25) is 0 Å². The number of ketones is 1. The van der Waals surface area contributed by atoms with Gasteiger partial charge in [-0.1, -0.05) is 35.8 Å². The summed E-state index contributed by atoms with van der Waals surface area (Å²) in [5, 5.41) is 0.926. The van der Waals surface area contributed by atoms with Crippen molar-refractivity contribution in [3.05, 3.63) is 70.5 Å². The molecule has 0 N–H and O–H groups in total. The van der Waals surface area contributed by atoms with E-state index in [2.05, 4.69) is 11.6 Å². The van der Waals surface area contributed by atoms with Gasteiger partial charge in [-0.2, -0.15) is 0 Å². The third-order valence-electron chi connectivity index (χ3n) is 2.45. The lowest BCUT2D eigenvalue weighted by atomic mass is 9.99. The number of hydrogen-bond donors (Lipinski definition) is 0. The van der Waals surface area contributed by atoms with Crippen molar-refractivity contribution in [1.29, 1.82) is 0 Å². The zero-order valence-electron chi connectivity index (χ0n) is 9.36. The van der Waals surface area contributed by atoms with Crippen LogP contribution >= 0.6 is 23.2 Å². The lowest BCUT2D eigenvalue weighted by molar-refractivity contribution is 0.105. The molecule has 0 atom stereocenters. The van der Waals surface area contributed by atoms with Crippen LogP contribution in [0, 0.1) is 0 Å². The highest BCUT2D eigenvalue weighted by Crippen LogP contribution is 2.28. The number of rotatable bonds is 3. The van der Waals surface area contributed by atoms with Crippen LogP contribution in [0.15, 0.2) is 49.3 Å². The van der Waals surface area contributed by atoms with E-state index in [9.17, 15) is 4.79 Å². The molecule has 0 saturated heterocycles. The Morgan fingerprint density at radius 1 is 1.22 bits per heavy atom. The zero-order valence-corrected chi connectivity index (χ0v) is 10.9. The van der Waals surface area contributed by atoms with E-state index in [1.54, 1.807) is 36.5 Å². The van der Waals surface area contributed by atoms with Crippen LogP contribution in [0.25, 0.3) is 5.57 Å². The molecule has 0 unspecified atom stereocenters. The Morgan fingerprint density at radius 2 is 2.00 bits per heavy atom. The standard InChI is InChI=1S/C14H9Cl2NO/c1-9(12-5-4-11(15)7-13(12)16)14(18)10-3-2-6-17-8-10/h2-8H,1H2. The highest BCUT2D eigenvalue weighted by Gasteiger charge is 2.14. The molecule has 2 aromatic rings. The molecule has 1 aromatic carbocycles. The molecule has 0 amide bonds. The topological polar surface area (TPSA) is 30.0 Å². The monoisotopic (exact) mass is 277 g/mol. The van der Waals surface area contributed by atoms with E-state index in [0.29, 0.717) is 26.7 Å². The summed E-state index contributed by atoms with van der Waals surface area (Å²) in [7, 11) is 0. The summed E-state index contributed by atoms with van der Waals surface area (Å²) in [4.78, 5) is 16.1. The first-order valence-corrected chi connectivity index (χ1v) is 5.94. The van der Waals surface area contributed by atoms with E-state index >= 15 is 0 Å². The largest absolute Gasteiger partial charge is 0.289 e. The van der Waals surface area contributed by atoms with Crippen LogP contribution in [0.3, 0.4) is 0 Å². The van der Waals surface area contributed by atoms with Crippen molar-refractivity contribution < 1.29 is 4.79 Å². The van der Waals surface area contributed by atoms with E-state index in [4.69, 9.17) is 23.2 Å². The lowest BCUT2D eigenvalue weighted by Gasteiger charge is -2.07. The first-order valence-electron chi connectivity index (χ1n) is 5.18. The second-order valence-electron chi connectivity index (χ2n) is 3.67. The number of hydrogen-bond acceptors (Lipinski definition) is 2. The second kappa shape index (κ2) is 5.34. The minimum absolute atomic E-state index is 0.202. The van der Waals surface area contributed by atoms with Gasteiger partial charge in [-0.3, -0.25) is 9.78 Å². The highest BCUT2D eigenvalue weighted by atomic mass is 35.5. The van der Waals surface area contributed by atoms with E-state index < -0.39 is 0 Å². The first kappa shape index (κ1) is 12.8. The maximum Gasteiger partial charge on any atom is 0.194 e. The molecule has 0 aliphatic carbocycles. The van der Waals surface area contributed by atoms with Gasteiger partial charge in [0.1, 0.15) is 0 Å². The number of pyridine rings is 1. The van der Waals surface area contributed by atoms with Crippen molar-refractivity contribution in [2.24, 2.45) is 0 Å². The van der Waals surface area contributed by atoms with Crippen molar-refractivity contribution in [3.8, 4) is 0 Å². The van der Waals surface area contributed by atoms with Crippen molar-refractivity contribution >= 4 is 34.6 Å². The minimum Gasteiger partial charge on any atom is -0.289 e. The molecule has 0 bridgehead atoms. The highest BCUT2D eigenvalue weighted by molar-refractivity contribution is 6.38. The predicted molar refractivity (Wildman–Crippen MR) is 74.1 cm³/mol. The summed E-state index contributed by atoms with van der Waals surface area (Å²) in [6.07, 6.45) is 3.10. The molecule has 18 heavy (non-hydrogen) atoms. The van der Waals surface area contributed by atoms with Gasteiger partial charge in [0.25, 0.3) is 0 Å². The summed E-state index contributed by atoms with van der Waals surface area (Å²) in [5.74, 6) is -0.202. The maximum absolute atomic E-state index is 12.2. The number of aromatic nitrogens is 1. The van der Waals surface area contributed by atoms with Gasteiger partial charge in [-0.15, -0.1) is 0 Å².